The van der Waals surface area contributed by atoms with Crippen LogP contribution in [0, 0.1) is 11.6 Å². The molecular weight excluding hydrogens is 573 g/mol. The van der Waals surface area contributed by atoms with Gasteiger partial charge in [0.15, 0.2) is 5.82 Å². The second-order valence-electron chi connectivity index (χ2n) is 12.9. The van der Waals surface area contributed by atoms with Gasteiger partial charge in [0.05, 0.1) is 11.6 Å². The standard InChI is InChI=1S/C32H31F3N6O3/c33-17-11-32(7-2-8-40(32)12-17)15-44-31-38-28-25-29(39-31)41-13-18-5-6-22(36-18)23(41)14-43-30(25)37-27(26(28)35)20-10-19(42)9-16-3-1-4-21(34)24(16)20/h1,3-4,9-10,17-18,22-23,36,42H,2,5-8,11-15H2/t17-,18?,22+,23+,32+/m1/s1. The van der Waals surface area contributed by atoms with E-state index in [9.17, 15) is 9.50 Å². The fourth-order valence-corrected chi connectivity index (χ4v) is 8.36. The smallest absolute Gasteiger partial charge is 0.319 e. The SMILES string of the molecule is Oc1cc(-c2nc3c4c(nc(OC[C@@]56CCCN5C[C@H](F)C6)nc4c2F)N2CC4CC[C@H](N4)[C@@H]2CO3)c2c(F)cccc2c1. The molecule has 0 amide bonds. The zero-order valence-corrected chi connectivity index (χ0v) is 23.9. The van der Waals surface area contributed by atoms with Crippen LogP contribution in [0.5, 0.6) is 17.6 Å². The Hall–Kier alpha value is -3.90. The summed E-state index contributed by atoms with van der Waals surface area (Å²) in [5, 5.41) is 15.0. The predicted molar refractivity (Wildman–Crippen MR) is 157 cm³/mol. The topological polar surface area (TPSA) is 95.9 Å². The lowest BCUT2D eigenvalue weighted by Crippen LogP contribution is -2.60. The second kappa shape index (κ2) is 9.55. The van der Waals surface area contributed by atoms with Crippen LogP contribution in [0.15, 0.2) is 30.3 Å². The van der Waals surface area contributed by atoms with Crippen molar-refractivity contribution in [3.05, 3.63) is 42.0 Å². The Morgan fingerprint density at radius 3 is 2.93 bits per heavy atom. The molecule has 2 N–H and O–H groups in total. The van der Waals surface area contributed by atoms with Crippen molar-refractivity contribution in [2.75, 3.05) is 37.7 Å². The van der Waals surface area contributed by atoms with E-state index in [1.54, 1.807) is 6.07 Å². The average molecular weight is 605 g/mol. The zero-order chi connectivity index (χ0) is 29.7. The van der Waals surface area contributed by atoms with E-state index in [0.29, 0.717) is 36.1 Å². The van der Waals surface area contributed by atoms with Crippen LogP contribution < -0.4 is 19.7 Å². The molecule has 5 aliphatic heterocycles. The first-order valence-corrected chi connectivity index (χ1v) is 15.4. The summed E-state index contributed by atoms with van der Waals surface area (Å²) in [6, 6.07) is 7.54. The fourth-order valence-electron chi connectivity index (χ4n) is 8.36. The number of fused-ring (bicyclic) bond motifs is 7. The maximum Gasteiger partial charge on any atom is 0.319 e. The number of phenolic OH excluding ortho intramolecular Hbond substituents is 1. The summed E-state index contributed by atoms with van der Waals surface area (Å²) in [6.07, 6.45) is 3.24. The first-order chi connectivity index (χ1) is 21.4. The first-order valence-electron chi connectivity index (χ1n) is 15.4. The van der Waals surface area contributed by atoms with Crippen LogP contribution in [0.25, 0.3) is 32.9 Å². The van der Waals surface area contributed by atoms with Crippen LogP contribution in [0.4, 0.5) is 19.0 Å². The van der Waals surface area contributed by atoms with E-state index in [1.807, 2.05) is 0 Å². The van der Waals surface area contributed by atoms with Gasteiger partial charge in [-0.3, -0.25) is 4.90 Å². The first kappa shape index (κ1) is 26.5. The van der Waals surface area contributed by atoms with Crippen LogP contribution in [0.1, 0.15) is 32.1 Å². The van der Waals surface area contributed by atoms with Crippen molar-refractivity contribution < 1.29 is 27.8 Å². The number of phenols is 1. The van der Waals surface area contributed by atoms with Gasteiger partial charge in [0.25, 0.3) is 0 Å². The number of rotatable bonds is 4. The highest BCUT2D eigenvalue weighted by Gasteiger charge is 2.50. The highest BCUT2D eigenvalue weighted by molar-refractivity contribution is 6.02. The third-order valence-corrected chi connectivity index (χ3v) is 10.3. The van der Waals surface area contributed by atoms with Crippen molar-refractivity contribution in [2.24, 2.45) is 0 Å². The number of aromatic nitrogens is 3. The highest BCUT2D eigenvalue weighted by atomic mass is 19.1. The average Bonchev–Trinajstić information content (AvgIpc) is 3.64. The molecule has 0 radical (unpaired) electrons. The molecule has 5 atom stereocenters. The number of ether oxygens (including phenoxy) is 2. The Balaban J connectivity index is 1.23. The molecule has 4 fully saturated rings. The number of hydrogen-bond donors (Lipinski definition) is 2. The monoisotopic (exact) mass is 604 g/mol. The lowest BCUT2D eigenvalue weighted by Gasteiger charge is -2.40. The molecule has 0 aliphatic carbocycles. The van der Waals surface area contributed by atoms with Gasteiger partial charge < -0.3 is 24.8 Å². The molecule has 5 aliphatic rings. The fraction of sp³-hybridized carbons (Fsp3) is 0.469. The summed E-state index contributed by atoms with van der Waals surface area (Å²) in [5.74, 6) is -0.881. The number of hydrogen-bond acceptors (Lipinski definition) is 9. The molecule has 0 saturated carbocycles. The number of piperazine rings is 1. The van der Waals surface area contributed by atoms with Crippen molar-refractivity contribution in [2.45, 2.75) is 61.9 Å². The summed E-state index contributed by atoms with van der Waals surface area (Å²) < 4.78 is 59.1. The number of nitrogens with one attached hydrogen (secondary N) is 1. The number of aromatic hydroxyl groups is 1. The van der Waals surface area contributed by atoms with E-state index in [4.69, 9.17) is 14.5 Å². The Kier molecular flexibility index (Phi) is 5.75. The minimum absolute atomic E-state index is 0.00323. The van der Waals surface area contributed by atoms with Crippen LogP contribution in [0.2, 0.25) is 0 Å². The molecule has 9 rings (SSSR count). The Morgan fingerprint density at radius 1 is 1.11 bits per heavy atom. The minimum atomic E-state index is -0.915. The van der Waals surface area contributed by atoms with Gasteiger partial charge in [-0.25, -0.2) is 18.2 Å². The van der Waals surface area contributed by atoms with Gasteiger partial charge in [0.1, 0.15) is 53.4 Å². The van der Waals surface area contributed by atoms with Crippen LogP contribution in [-0.4, -0.2) is 87.6 Å². The van der Waals surface area contributed by atoms with Crippen molar-refractivity contribution in [1.29, 1.82) is 0 Å². The number of alkyl halides is 1. The Bertz CT molecular complexity index is 1840. The summed E-state index contributed by atoms with van der Waals surface area (Å²) >= 11 is 0. The van der Waals surface area contributed by atoms with Crippen LogP contribution in [0.3, 0.4) is 0 Å². The van der Waals surface area contributed by atoms with Gasteiger partial charge in [-0.2, -0.15) is 9.97 Å². The quantitative estimate of drug-likeness (QED) is 0.350. The van der Waals surface area contributed by atoms with Crippen LogP contribution in [-0.2, 0) is 0 Å². The summed E-state index contributed by atoms with van der Waals surface area (Å²) in [4.78, 5) is 18.3. The van der Waals surface area contributed by atoms with E-state index in [-0.39, 0.29) is 71.1 Å². The Labute approximate surface area is 251 Å². The largest absolute Gasteiger partial charge is 0.508 e. The van der Waals surface area contributed by atoms with Gasteiger partial charge in [-0.1, -0.05) is 12.1 Å². The molecule has 228 valence electrons. The molecule has 7 heterocycles. The molecule has 4 aromatic rings. The van der Waals surface area contributed by atoms with Gasteiger partial charge in [0.2, 0.25) is 5.88 Å². The normalized spacial score (nSPS) is 29.1. The number of halogens is 3. The van der Waals surface area contributed by atoms with Crippen LogP contribution >= 0.6 is 0 Å². The van der Waals surface area contributed by atoms with Gasteiger partial charge in [0, 0.05) is 42.5 Å². The second-order valence-corrected chi connectivity index (χ2v) is 12.9. The summed E-state index contributed by atoms with van der Waals surface area (Å²) in [5.41, 5.74) is -0.593. The number of benzene rings is 2. The molecule has 44 heavy (non-hydrogen) atoms. The van der Waals surface area contributed by atoms with Crippen molar-refractivity contribution in [1.82, 2.24) is 25.2 Å². The molecule has 4 saturated heterocycles. The van der Waals surface area contributed by atoms with E-state index in [2.05, 4.69) is 25.1 Å². The summed E-state index contributed by atoms with van der Waals surface area (Å²) in [7, 11) is 0. The van der Waals surface area contributed by atoms with E-state index < -0.39 is 23.3 Å². The maximum absolute atomic E-state index is 16.8. The number of nitrogens with zero attached hydrogens (tertiary/aromatic N) is 5. The Morgan fingerprint density at radius 2 is 2.02 bits per heavy atom. The van der Waals surface area contributed by atoms with Crippen molar-refractivity contribution >= 4 is 27.5 Å². The van der Waals surface area contributed by atoms with Gasteiger partial charge in [-0.05, 0) is 55.8 Å². The lowest BCUT2D eigenvalue weighted by atomic mass is 9.95. The minimum Gasteiger partial charge on any atom is -0.508 e. The number of anilines is 1. The third-order valence-electron chi connectivity index (χ3n) is 10.3. The van der Waals surface area contributed by atoms with E-state index >= 15 is 8.78 Å². The zero-order valence-electron chi connectivity index (χ0n) is 23.9. The molecule has 2 bridgehead atoms. The summed E-state index contributed by atoms with van der Waals surface area (Å²) in [6.45, 7) is 2.34. The molecule has 12 heteroatoms. The lowest BCUT2D eigenvalue weighted by molar-refractivity contribution is 0.107. The van der Waals surface area contributed by atoms with Crippen molar-refractivity contribution in [3.8, 4) is 28.9 Å². The highest BCUT2D eigenvalue weighted by Crippen LogP contribution is 2.45. The maximum atomic E-state index is 16.8. The van der Waals surface area contributed by atoms with E-state index in [1.165, 1.54) is 24.3 Å². The molecule has 2 aromatic carbocycles. The van der Waals surface area contributed by atoms with Gasteiger partial charge in [-0.15, -0.1) is 0 Å². The molecule has 9 nitrogen and oxygen atoms in total. The predicted octanol–water partition coefficient (Wildman–Crippen LogP) is 4.49. The third kappa shape index (κ3) is 3.89. The molecule has 1 unspecified atom stereocenters. The molecule has 2 aromatic heterocycles. The number of pyridine rings is 1. The molecule has 0 spiro atoms. The van der Waals surface area contributed by atoms with Gasteiger partial charge >= 0.3 is 6.01 Å². The van der Waals surface area contributed by atoms with E-state index in [0.717, 1.165) is 32.2 Å². The molecular formula is C32H31F3N6O3. The van der Waals surface area contributed by atoms with Crippen molar-refractivity contribution in [3.63, 3.8) is 0 Å².